The maximum atomic E-state index is 12.7. The number of benzene rings is 2. The zero-order valence-corrected chi connectivity index (χ0v) is 26.9. The SMILES string of the molecule is Cn1ccc(C(=O)NCCNC(=O)CCOCCOCCOCCC(=O)Oc2c(Cl)cccc2Cl)c(OCc2ccccc2)c1=O. The molecule has 0 aliphatic heterocycles. The van der Waals surface area contributed by atoms with E-state index in [-0.39, 0.29) is 85.4 Å². The van der Waals surface area contributed by atoms with Crippen LogP contribution in [0.3, 0.4) is 0 Å². The van der Waals surface area contributed by atoms with Gasteiger partial charge in [0.15, 0.2) is 11.5 Å². The summed E-state index contributed by atoms with van der Waals surface area (Å²) < 4.78 is 28.4. The van der Waals surface area contributed by atoms with E-state index in [9.17, 15) is 19.2 Å². The van der Waals surface area contributed by atoms with Gasteiger partial charge in [-0.3, -0.25) is 19.2 Å². The van der Waals surface area contributed by atoms with Gasteiger partial charge in [0.05, 0.1) is 61.7 Å². The van der Waals surface area contributed by atoms with Gasteiger partial charge in [-0.1, -0.05) is 59.6 Å². The lowest BCUT2D eigenvalue weighted by Crippen LogP contribution is -2.36. The molecule has 0 atom stereocenters. The Morgan fingerprint density at radius 1 is 0.739 bits per heavy atom. The number of rotatable bonds is 20. The molecule has 0 fully saturated rings. The van der Waals surface area contributed by atoms with Crippen LogP contribution in [0.2, 0.25) is 10.0 Å². The van der Waals surface area contributed by atoms with Crippen molar-refractivity contribution in [2.24, 2.45) is 7.05 Å². The minimum Gasteiger partial charge on any atom is -0.482 e. The van der Waals surface area contributed by atoms with Crippen LogP contribution in [0, 0.1) is 0 Å². The number of esters is 1. The van der Waals surface area contributed by atoms with Crippen LogP contribution in [0.15, 0.2) is 65.6 Å². The number of ether oxygens (including phenoxy) is 5. The highest BCUT2D eigenvalue weighted by Crippen LogP contribution is 2.32. The number of amides is 2. The molecule has 46 heavy (non-hydrogen) atoms. The first-order valence-corrected chi connectivity index (χ1v) is 15.3. The lowest BCUT2D eigenvalue weighted by Gasteiger charge is -2.13. The number of aromatic nitrogens is 1. The predicted molar refractivity (Wildman–Crippen MR) is 172 cm³/mol. The molecule has 1 heterocycles. The molecule has 0 bridgehead atoms. The Bertz CT molecular complexity index is 1470. The lowest BCUT2D eigenvalue weighted by molar-refractivity contribution is -0.135. The normalized spacial score (nSPS) is 10.8. The van der Waals surface area contributed by atoms with Crippen LogP contribution in [0.5, 0.6) is 11.5 Å². The van der Waals surface area contributed by atoms with Crippen LogP contribution >= 0.6 is 23.2 Å². The van der Waals surface area contributed by atoms with Crippen LogP contribution < -0.4 is 25.7 Å². The number of carbonyl (C=O) groups is 3. The molecule has 2 aromatic carbocycles. The van der Waals surface area contributed by atoms with Gasteiger partial charge in [0.2, 0.25) is 5.91 Å². The van der Waals surface area contributed by atoms with Crippen LogP contribution in [0.25, 0.3) is 0 Å². The van der Waals surface area contributed by atoms with Crippen LogP contribution in [0.4, 0.5) is 0 Å². The van der Waals surface area contributed by atoms with Gasteiger partial charge in [-0.25, -0.2) is 0 Å². The number of carbonyl (C=O) groups excluding carboxylic acids is 3. The van der Waals surface area contributed by atoms with Gasteiger partial charge >= 0.3 is 5.97 Å². The molecular formula is C32H37Cl2N3O9. The van der Waals surface area contributed by atoms with E-state index in [0.717, 1.165) is 5.56 Å². The van der Waals surface area contributed by atoms with E-state index in [2.05, 4.69) is 10.6 Å². The summed E-state index contributed by atoms with van der Waals surface area (Å²) in [6.45, 7) is 2.03. The van der Waals surface area contributed by atoms with E-state index in [4.69, 9.17) is 46.9 Å². The van der Waals surface area contributed by atoms with Gasteiger partial charge in [0.25, 0.3) is 11.5 Å². The minimum atomic E-state index is -0.516. The topological polar surface area (TPSA) is 143 Å². The smallest absolute Gasteiger partial charge is 0.313 e. The monoisotopic (exact) mass is 677 g/mol. The molecule has 0 aliphatic carbocycles. The highest BCUT2D eigenvalue weighted by atomic mass is 35.5. The molecular weight excluding hydrogens is 641 g/mol. The number of hydrogen-bond donors (Lipinski definition) is 2. The second-order valence-electron chi connectivity index (χ2n) is 9.72. The first-order chi connectivity index (χ1) is 22.3. The van der Waals surface area contributed by atoms with Crippen molar-refractivity contribution in [2.75, 3.05) is 52.7 Å². The van der Waals surface area contributed by atoms with E-state index < -0.39 is 17.4 Å². The Kier molecular flexibility index (Phi) is 16.1. The Morgan fingerprint density at radius 3 is 2.02 bits per heavy atom. The van der Waals surface area contributed by atoms with Gasteiger partial charge in [-0.05, 0) is 23.8 Å². The van der Waals surface area contributed by atoms with Gasteiger partial charge < -0.3 is 38.9 Å². The van der Waals surface area contributed by atoms with Gasteiger partial charge in [-0.15, -0.1) is 0 Å². The third-order valence-corrected chi connectivity index (χ3v) is 6.83. The maximum absolute atomic E-state index is 12.7. The van der Waals surface area contributed by atoms with E-state index in [1.54, 1.807) is 25.2 Å². The molecule has 12 nitrogen and oxygen atoms in total. The average Bonchev–Trinajstić information content (AvgIpc) is 3.04. The summed E-state index contributed by atoms with van der Waals surface area (Å²) >= 11 is 11.9. The van der Waals surface area contributed by atoms with Crippen molar-refractivity contribution in [3.63, 3.8) is 0 Å². The first kappa shape index (κ1) is 36.5. The van der Waals surface area contributed by atoms with Gasteiger partial charge in [0, 0.05) is 32.8 Å². The molecule has 2 amide bonds. The molecule has 0 unspecified atom stereocenters. The summed E-state index contributed by atoms with van der Waals surface area (Å²) in [4.78, 5) is 49.3. The summed E-state index contributed by atoms with van der Waals surface area (Å²) in [6, 6.07) is 15.6. The number of nitrogens with one attached hydrogen (secondary N) is 2. The standard InChI is InChI=1S/C32H37Cl2N3O9/c1-37-15-10-24(29(32(37)41)45-22-23-6-3-2-4-7-23)31(40)36-14-13-35-27(38)11-16-42-18-20-44-21-19-43-17-12-28(39)46-30-25(33)8-5-9-26(30)34/h2-10,15H,11-14,16-22H2,1H3,(H,35,38)(H,36,40). The first-order valence-electron chi connectivity index (χ1n) is 14.6. The van der Waals surface area contributed by atoms with E-state index in [0.29, 0.717) is 19.8 Å². The molecule has 14 heteroatoms. The lowest BCUT2D eigenvalue weighted by atomic mass is 10.2. The fourth-order valence-electron chi connectivity index (χ4n) is 3.82. The largest absolute Gasteiger partial charge is 0.482 e. The summed E-state index contributed by atoms with van der Waals surface area (Å²) in [5.74, 6) is -1.15. The second-order valence-corrected chi connectivity index (χ2v) is 10.5. The van der Waals surface area contributed by atoms with Crippen molar-refractivity contribution >= 4 is 41.0 Å². The molecule has 248 valence electrons. The zero-order valence-electron chi connectivity index (χ0n) is 25.4. The zero-order chi connectivity index (χ0) is 33.1. The molecule has 1 aromatic heterocycles. The summed E-state index contributed by atoms with van der Waals surface area (Å²) in [5.41, 5.74) is 0.555. The molecule has 0 saturated carbocycles. The molecule has 3 aromatic rings. The molecule has 2 N–H and O–H groups in total. The molecule has 0 spiro atoms. The predicted octanol–water partition coefficient (Wildman–Crippen LogP) is 3.55. The molecule has 0 radical (unpaired) electrons. The van der Waals surface area contributed by atoms with Crippen molar-refractivity contribution in [3.8, 4) is 11.5 Å². The van der Waals surface area contributed by atoms with Crippen molar-refractivity contribution in [1.82, 2.24) is 15.2 Å². The summed E-state index contributed by atoms with van der Waals surface area (Å²) in [7, 11) is 1.58. The number of para-hydroxylation sites is 1. The van der Waals surface area contributed by atoms with Crippen molar-refractivity contribution < 1.29 is 38.1 Å². The Hall–Kier alpha value is -3.94. The van der Waals surface area contributed by atoms with E-state index >= 15 is 0 Å². The fourth-order valence-corrected chi connectivity index (χ4v) is 4.30. The van der Waals surface area contributed by atoms with E-state index in [1.165, 1.54) is 16.8 Å². The van der Waals surface area contributed by atoms with Gasteiger partial charge in [-0.2, -0.15) is 0 Å². The summed E-state index contributed by atoms with van der Waals surface area (Å²) in [5, 5.41) is 5.90. The third-order valence-electron chi connectivity index (χ3n) is 6.23. The Morgan fingerprint density at radius 2 is 1.35 bits per heavy atom. The number of pyridine rings is 1. The second kappa shape index (κ2) is 20.2. The highest BCUT2D eigenvalue weighted by Gasteiger charge is 2.17. The molecule has 0 saturated heterocycles. The van der Waals surface area contributed by atoms with E-state index in [1.807, 2.05) is 30.3 Å². The van der Waals surface area contributed by atoms with Crippen molar-refractivity contribution in [2.45, 2.75) is 19.4 Å². The highest BCUT2D eigenvalue weighted by molar-refractivity contribution is 6.37. The van der Waals surface area contributed by atoms with Gasteiger partial charge in [0.1, 0.15) is 6.61 Å². The number of halogens is 2. The number of nitrogens with zero attached hydrogens (tertiary/aromatic N) is 1. The summed E-state index contributed by atoms with van der Waals surface area (Å²) in [6.07, 6.45) is 1.66. The Balaban J connectivity index is 1.19. The van der Waals surface area contributed by atoms with Crippen molar-refractivity contribution in [3.05, 3.63) is 92.3 Å². The van der Waals surface area contributed by atoms with Crippen LogP contribution in [0.1, 0.15) is 28.8 Å². The molecule has 0 aliphatic rings. The minimum absolute atomic E-state index is 0.0262. The quantitative estimate of drug-likeness (QED) is 0.104. The third kappa shape index (κ3) is 12.8. The fraction of sp³-hybridized carbons (Fsp3) is 0.375. The molecule has 3 rings (SSSR count). The number of aryl methyl sites for hydroxylation is 1. The number of hydrogen-bond acceptors (Lipinski definition) is 9. The van der Waals surface area contributed by atoms with Crippen molar-refractivity contribution in [1.29, 1.82) is 0 Å². The Labute approximate surface area is 276 Å². The van der Waals surface area contributed by atoms with Crippen LogP contribution in [-0.2, 0) is 37.5 Å². The van der Waals surface area contributed by atoms with Crippen LogP contribution in [-0.4, -0.2) is 75.1 Å². The average molecular weight is 679 g/mol. The maximum Gasteiger partial charge on any atom is 0.313 e.